The van der Waals surface area contributed by atoms with Crippen LogP contribution in [0.25, 0.3) is 0 Å². The monoisotopic (exact) mass is 363 g/mol. The maximum Gasteiger partial charge on any atom is 0.433 e. The topological polar surface area (TPSA) is 53.5 Å². The number of hydrogen-bond acceptors (Lipinski definition) is 3. The number of nitrogens with zero attached hydrogens (tertiary/aromatic N) is 3. The molecule has 1 saturated heterocycles. The lowest BCUT2D eigenvalue weighted by molar-refractivity contribution is -0.141. The molecule has 0 atom stereocenters. The van der Waals surface area contributed by atoms with Gasteiger partial charge in [-0.15, -0.1) is 0 Å². The maximum absolute atomic E-state index is 12.5. The van der Waals surface area contributed by atoms with Crippen LogP contribution in [0.3, 0.4) is 0 Å². The van der Waals surface area contributed by atoms with Gasteiger partial charge in [0.15, 0.2) is 0 Å². The third-order valence-electron chi connectivity index (χ3n) is 4.18. The Kier molecular flexibility index (Phi) is 4.92. The predicted octanol–water partition coefficient (Wildman–Crippen LogP) is 2.70. The molecule has 26 heavy (non-hydrogen) atoms. The predicted molar refractivity (Wildman–Crippen MR) is 87.5 cm³/mol. The average molecular weight is 363 g/mol. The summed E-state index contributed by atoms with van der Waals surface area (Å²) in [7, 11) is 0. The zero-order valence-electron chi connectivity index (χ0n) is 13.7. The van der Waals surface area contributed by atoms with E-state index in [4.69, 9.17) is 0 Å². The van der Waals surface area contributed by atoms with E-state index in [1.807, 2.05) is 6.07 Å². The van der Waals surface area contributed by atoms with Crippen molar-refractivity contribution in [3.63, 3.8) is 0 Å². The van der Waals surface area contributed by atoms with E-state index in [0.717, 1.165) is 18.3 Å². The van der Waals surface area contributed by atoms with Crippen molar-refractivity contribution in [2.24, 2.45) is 0 Å². The van der Waals surface area contributed by atoms with E-state index in [1.165, 1.54) is 4.90 Å². The SMILES string of the molecule is O=C(c1ccccc1)N1CCN(C(=O)c2ccc(C(F)(F)F)nc2)CC1. The van der Waals surface area contributed by atoms with E-state index in [9.17, 15) is 22.8 Å². The van der Waals surface area contributed by atoms with Crippen molar-refractivity contribution in [2.75, 3.05) is 26.2 Å². The van der Waals surface area contributed by atoms with Crippen molar-refractivity contribution in [2.45, 2.75) is 6.18 Å². The molecule has 0 spiro atoms. The van der Waals surface area contributed by atoms with Crippen LogP contribution < -0.4 is 0 Å². The Labute approximate surface area is 148 Å². The molecule has 8 heteroatoms. The van der Waals surface area contributed by atoms with Crippen molar-refractivity contribution in [3.05, 3.63) is 65.5 Å². The van der Waals surface area contributed by atoms with Gasteiger partial charge in [-0.25, -0.2) is 0 Å². The number of carbonyl (C=O) groups excluding carboxylic acids is 2. The lowest BCUT2D eigenvalue weighted by Gasteiger charge is -2.34. The molecular formula is C18H16F3N3O2. The zero-order chi connectivity index (χ0) is 18.7. The number of carbonyl (C=O) groups is 2. The van der Waals surface area contributed by atoms with Gasteiger partial charge in [-0.05, 0) is 24.3 Å². The van der Waals surface area contributed by atoms with Crippen LogP contribution in [0.15, 0.2) is 48.7 Å². The van der Waals surface area contributed by atoms with Crippen molar-refractivity contribution < 1.29 is 22.8 Å². The van der Waals surface area contributed by atoms with Crippen LogP contribution in [0, 0.1) is 0 Å². The lowest BCUT2D eigenvalue weighted by Crippen LogP contribution is -2.50. The highest BCUT2D eigenvalue weighted by Crippen LogP contribution is 2.27. The van der Waals surface area contributed by atoms with E-state index in [2.05, 4.69) is 4.98 Å². The summed E-state index contributed by atoms with van der Waals surface area (Å²) in [6.07, 6.45) is -3.60. The van der Waals surface area contributed by atoms with Crippen LogP contribution >= 0.6 is 0 Å². The summed E-state index contributed by atoms with van der Waals surface area (Å²) in [4.78, 5) is 31.3. The van der Waals surface area contributed by atoms with Crippen molar-refractivity contribution >= 4 is 11.8 Å². The van der Waals surface area contributed by atoms with Gasteiger partial charge in [-0.2, -0.15) is 13.2 Å². The number of piperazine rings is 1. The fourth-order valence-electron chi connectivity index (χ4n) is 2.75. The van der Waals surface area contributed by atoms with Crippen LogP contribution in [-0.4, -0.2) is 52.8 Å². The summed E-state index contributed by atoms with van der Waals surface area (Å²) in [6.45, 7) is 1.37. The van der Waals surface area contributed by atoms with Gasteiger partial charge in [0.2, 0.25) is 0 Å². The molecule has 0 saturated carbocycles. The minimum absolute atomic E-state index is 0.0980. The first kappa shape index (κ1) is 17.9. The number of pyridine rings is 1. The summed E-state index contributed by atoms with van der Waals surface area (Å²) in [5.41, 5.74) is -0.354. The summed E-state index contributed by atoms with van der Waals surface area (Å²) < 4.78 is 37.6. The number of benzene rings is 1. The van der Waals surface area contributed by atoms with Gasteiger partial charge in [0.05, 0.1) is 5.56 Å². The molecule has 1 aliphatic rings. The molecule has 2 aromatic rings. The first-order valence-corrected chi connectivity index (χ1v) is 8.03. The summed E-state index contributed by atoms with van der Waals surface area (Å²) in [6, 6.07) is 10.8. The van der Waals surface area contributed by atoms with Crippen molar-refractivity contribution in [1.29, 1.82) is 0 Å². The van der Waals surface area contributed by atoms with E-state index in [0.29, 0.717) is 31.7 Å². The zero-order valence-corrected chi connectivity index (χ0v) is 13.7. The Hall–Kier alpha value is -2.90. The molecule has 136 valence electrons. The number of amides is 2. The number of rotatable bonds is 2. The van der Waals surface area contributed by atoms with Gasteiger partial charge in [0.25, 0.3) is 11.8 Å². The van der Waals surface area contributed by atoms with E-state index in [-0.39, 0.29) is 11.5 Å². The summed E-state index contributed by atoms with van der Waals surface area (Å²) >= 11 is 0. The molecule has 1 aromatic carbocycles. The van der Waals surface area contributed by atoms with Crippen LogP contribution in [0.5, 0.6) is 0 Å². The molecule has 1 aromatic heterocycles. The second-order valence-corrected chi connectivity index (χ2v) is 5.88. The van der Waals surface area contributed by atoms with Crippen LogP contribution in [0.4, 0.5) is 13.2 Å². The van der Waals surface area contributed by atoms with Gasteiger partial charge in [0, 0.05) is 37.9 Å². The van der Waals surface area contributed by atoms with Crippen LogP contribution in [0.2, 0.25) is 0 Å². The van der Waals surface area contributed by atoms with Gasteiger partial charge in [-0.3, -0.25) is 14.6 Å². The van der Waals surface area contributed by atoms with E-state index < -0.39 is 17.8 Å². The highest BCUT2D eigenvalue weighted by molar-refractivity contribution is 5.95. The Balaban J connectivity index is 1.61. The standard InChI is InChI=1S/C18H16F3N3O2/c19-18(20,21)15-7-6-14(12-22-15)17(26)24-10-8-23(9-11-24)16(25)13-4-2-1-3-5-13/h1-7,12H,8-11H2. The molecule has 2 heterocycles. The van der Waals surface area contributed by atoms with Crippen molar-refractivity contribution in [1.82, 2.24) is 14.8 Å². The molecule has 0 radical (unpaired) electrons. The van der Waals surface area contributed by atoms with E-state index in [1.54, 1.807) is 29.2 Å². The molecule has 5 nitrogen and oxygen atoms in total. The fraction of sp³-hybridized carbons (Fsp3) is 0.278. The summed E-state index contributed by atoms with van der Waals surface area (Å²) in [5.74, 6) is -0.494. The Morgan fingerprint density at radius 2 is 1.35 bits per heavy atom. The minimum Gasteiger partial charge on any atom is -0.335 e. The molecule has 0 N–H and O–H groups in total. The Bertz CT molecular complexity index is 784. The maximum atomic E-state index is 12.5. The fourth-order valence-corrected chi connectivity index (χ4v) is 2.75. The number of hydrogen-bond donors (Lipinski definition) is 0. The number of halogens is 3. The highest BCUT2D eigenvalue weighted by Gasteiger charge is 2.32. The normalized spacial score (nSPS) is 15.0. The van der Waals surface area contributed by atoms with Crippen LogP contribution in [-0.2, 0) is 6.18 Å². The molecular weight excluding hydrogens is 347 g/mol. The first-order valence-electron chi connectivity index (χ1n) is 8.03. The average Bonchev–Trinajstić information content (AvgIpc) is 2.67. The molecule has 0 unspecified atom stereocenters. The quantitative estimate of drug-likeness (QED) is 0.824. The smallest absolute Gasteiger partial charge is 0.335 e. The molecule has 3 rings (SSSR count). The molecule has 1 aliphatic heterocycles. The van der Waals surface area contributed by atoms with Gasteiger partial charge < -0.3 is 9.80 Å². The highest BCUT2D eigenvalue weighted by atomic mass is 19.4. The Morgan fingerprint density at radius 1 is 0.808 bits per heavy atom. The molecule has 2 amide bonds. The largest absolute Gasteiger partial charge is 0.433 e. The second kappa shape index (κ2) is 7.15. The number of aromatic nitrogens is 1. The molecule has 1 fully saturated rings. The number of alkyl halides is 3. The third kappa shape index (κ3) is 3.84. The first-order chi connectivity index (χ1) is 12.4. The summed E-state index contributed by atoms with van der Waals surface area (Å²) in [5, 5.41) is 0. The van der Waals surface area contributed by atoms with Gasteiger partial charge in [-0.1, -0.05) is 18.2 Å². The van der Waals surface area contributed by atoms with Crippen molar-refractivity contribution in [3.8, 4) is 0 Å². The van der Waals surface area contributed by atoms with Crippen LogP contribution in [0.1, 0.15) is 26.4 Å². The molecule has 0 bridgehead atoms. The Morgan fingerprint density at radius 3 is 1.81 bits per heavy atom. The third-order valence-corrected chi connectivity index (χ3v) is 4.18. The van der Waals surface area contributed by atoms with Gasteiger partial charge in [0.1, 0.15) is 5.69 Å². The lowest BCUT2D eigenvalue weighted by atomic mass is 10.1. The van der Waals surface area contributed by atoms with Gasteiger partial charge >= 0.3 is 6.18 Å². The van der Waals surface area contributed by atoms with E-state index >= 15 is 0 Å². The minimum atomic E-state index is -4.54. The second-order valence-electron chi connectivity index (χ2n) is 5.88. The molecule has 0 aliphatic carbocycles.